The first kappa shape index (κ1) is 15.5. The van der Waals surface area contributed by atoms with Gasteiger partial charge in [0.2, 0.25) is 5.75 Å². The van der Waals surface area contributed by atoms with Crippen LogP contribution in [0, 0.1) is 10.1 Å². The average Bonchev–Trinajstić information content (AvgIpc) is 2.48. The SMILES string of the molecule is CCOC(=O)Cc1cccc(Oc2ccccc2[N+](=O)[O-])c1. The molecule has 0 aliphatic rings. The highest BCUT2D eigenvalue weighted by molar-refractivity contribution is 5.72. The highest BCUT2D eigenvalue weighted by Crippen LogP contribution is 2.31. The van der Waals surface area contributed by atoms with Gasteiger partial charge in [-0.15, -0.1) is 0 Å². The highest BCUT2D eigenvalue weighted by atomic mass is 16.6. The van der Waals surface area contributed by atoms with Crippen molar-refractivity contribution in [2.75, 3.05) is 6.61 Å². The Bertz CT molecular complexity index is 684. The van der Waals surface area contributed by atoms with E-state index in [0.717, 1.165) is 5.56 Å². The van der Waals surface area contributed by atoms with Gasteiger partial charge in [0, 0.05) is 6.07 Å². The van der Waals surface area contributed by atoms with E-state index in [1.807, 2.05) is 0 Å². The Labute approximate surface area is 127 Å². The van der Waals surface area contributed by atoms with Crippen molar-refractivity contribution in [2.24, 2.45) is 0 Å². The number of esters is 1. The summed E-state index contributed by atoms with van der Waals surface area (Å²) < 4.78 is 10.4. The van der Waals surface area contributed by atoms with Crippen LogP contribution < -0.4 is 4.74 Å². The van der Waals surface area contributed by atoms with Crippen LogP contribution >= 0.6 is 0 Å². The van der Waals surface area contributed by atoms with Gasteiger partial charge < -0.3 is 9.47 Å². The van der Waals surface area contributed by atoms with Gasteiger partial charge in [-0.3, -0.25) is 14.9 Å². The number of nitro groups is 1. The molecule has 0 spiro atoms. The maximum absolute atomic E-state index is 11.5. The van der Waals surface area contributed by atoms with E-state index in [4.69, 9.17) is 9.47 Å². The molecule has 0 fully saturated rings. The Hall–Kier alpha value is -2.89. The standard InChI is InChI=1S/C16H15NO5/c1-2-21-16(18)11-12-6-5-7-13(10-12)22-15-9-4-3-8-14(15)17(19)20/h3-10H,2,11H2,1H3. The fraction of sp³-hybridized carbons (Fsp3) is 0.188. The summed E-state index contributed by atoms with van der Waals surface area (Å²) in [6, 6.07) is 12.9. The van der Waals surface area contributed by atoms with E-state index < -0.39 is 4.92 Å². The monoisotopic (exact) mass is 301 g/mol. The molecule has 0 heterocycles. The lowest BCUT2D eigenvalue weighted by Gasteiger charge is -2.08. The molecule has 0 bridgehead atoms. The molecule has 2 aromatic carbocycles. The van der Waals surface area contributed by atoms with Gasteiger partial charge in [-0.2, -0.15) is 0 Å². The van der Waals surface area contributed by atoms with Crippen molar-refractivity contribution < 1.29 is 19.2 Å². The molecule has 6 nitrogen and oxygen atoms in total. The van der Waals surface area contributed by atoms with Gasteiger partial charge >= 0.3 is 11.7 Å². The summed E-state index contributed by atoms with van der Waals surface area (Å²) in [6.45, 7) is 2.07. The number of carbonyl (C=O) groups excluding carboxylic acids is 1. The van der Waals surface area contributed by atoms with Gasteiger partial charge in [-0.25, -0.2) is 0 Å². The number of rotatable bonds is 6. The van der Waals surface area contributed by atoms with Gasteiger partial charge in [0.05, 0.1) is 18.0 Å². The number of carbonyl (C=O) groups is 1. The summed E-state index contributed by atoms with van der Waals surface area (Å²) in [6.07, 6.45) is 0.127. The lowest BCUT2D eigenvalue weighted by atomic mass is 10.1. The Morgan fingerprint density at radius 2 is 1.95 bits per heavy atom. The summed E-state index contributed by atoms with van der Waals surface area (Å²) in [7, 11) is 0. The van der Waals surface area contributed by atoms with Crippen molar-refractivity contribution >= 4 is 11.7 Å². The number of hydrogen-bond acceptors (Lipinski definition) is 5. The second-order valence-corrected chi connectivity index (χ2v) is 4.46. The van der Waals surface area contributed by atoms with Gasteiger partial charge in [-0.05, 0) is 30.7 Å². The van der Waals surface area contributed by atoms with Crippen molar-refractivity contribution in [1.82, 2.24) is 0 Å². The van der Waals surface area contributed by atoms with E-state index in [1.165, 1.54) is 12.1 Å². The zero-order valence-electron chi connectivity index (χ0n) is 12.0. The Kier molecular flexibility index (Phi) is 5.08. The Balaban J connectivity index is 2.17. The normalized spacial score (nSPS) is 10.0. The molecule has 0 aromatic heterocycles. The zero-order chi connectivity index (χ0) is 15.9. The molecule has 2 rings (SSSR count). The van der Waals surface area contributed by atoms with Crippen LogP contribution in [0.2, 0.25) is 0 Å². The Morgan fingerprint density at radius 1 is 1.18 bits per heavy atom. The first-order valence-electron chi connectivity index (χ1n) is 6.76. The second-order valence-electron chi connectivity index (χ2n) is 4.46. The molecule has 0 saturated carbocycles. The minimum atomic E-state index is -0.502. The molecule has 22 heavy (non-hydrogen) atoms. The first-order chi connectivity index (χ1) is 10.6. The highest BCUT2D eigenvalue weighted by Gasteiger charge is 2.14. The molecule has 114 valence electrons. The van der Waals surface area contributed by atoms with Gasteiger partial charge in [0.15, 0.2) is 0 Å². The third-order valence-electron chi connectivity index (χ3n) is 2.84. The van der Waals surface area contributed by atoms with Crippen molar-refractivity contribution in [1.29, 1.82) is 0 Å². The first-order valence-corrected chi connectivity index (χ1v) is 6.76. The fourth-order valence-electron chi connectivity index (χ4n) is 1.92. The van der Waals surface area contributed by atoms with Crippen LogP contribution in [-0.2, 0) is 16.0 Å². The molecule has 6 heteroatoms. The molecule has 0 aliphatic carbocycles. The zero-order valence-corrected chi connectivity index (χ0v) is 12.0. The van der Waals surface area contributed by atoms with E-state index in [2.05, 4.69) is 0 Å². The predicted molar refractivity (Wildman–Crippen MR) is 79.9 cm³/mol. The molecule has 0 saturated heterocycles. The van der Waals surface area contributed by atoms with E-state index >= 15 is 0 Å². The fourth-order valence-corrected chi connectivity index (χ4v) is 1.92. The van der Waals surface area contributed by atoms with Gasteiger partial charge in [0.1, 0.15) is 5.75 Å². The van der Waals surface area contributed by atoms with Gasteiger partial charge in [0.25, 0.3) is 0 Å². The summed E-state index contributed by atoms with van der Waals surface area (Å²) in [4.78, 5) is 21.9. The van der Waals surface area contributed by atoms with Crippen molar-refractivity contribution in [3.8, 4) is 11.5 Å². The molecule has 0 aliphatic heterocycles. The number of hydrogen-bond donors (Lipinski definition) is 0. The lowest BCUT2D eigenvalue weighted by molar-refractivity contribution is -0.385. The molecule has 0 unspecified atom stereocenters. The van der Waals surface area contributed by atoms with Crippen molar-refractivity contribution in [3.63, 3.8) is 0 Å². The van der Waals surface area contributed by atoms with Gasteiger partial charge in [-0.1, -0.05) is 24.3 Å². The predicted octanol–water partition coefficient (Wildman–Crippen LogP) is 3.49. The van der Waals surface area contributed by atoms with E-state index in [0.29, 0.717) is 12.4 Å². The minimum Gasteiger partial charge on any atom is -0.466 e. The summed E-state index contributed by atoms with van der Waals surface area (Å²) in [5.74, 6) is 0.252. The number of benzene rings is 2. The largest absolute Gasteiger partial charge is 0.466 e. The van der Waals surface area contributed by atoms with Crippen LogP contribution in [0.3, 0.4) is 0 Å². The van der Waals surface area contributed by atoms with Crippen LogP contribution in [0.5, 0.6) is 11.5 Å². The smallest absolute Gasteiger partial charge is 0.311 e. The molecule has 0 radical (unpaired) electrons. The second kappa shape index (κ2) is 7.21. The van der Waals surface area contributed by atoms with E-state index in [1.54, 1.807) is 43.3 Å². The number of nitro benzene ring substituents is 1. The summed E-state index contributed by atoms with van der Waals surface area (Å²) in [5, 5.41) is 11.0. The number of nitrogens with zero attached hydrogens (tertiary/aromatic N) is 1. The maximum Gasteiger partial charge on any atom is 0.311 e. The summed E-state index contributed by atoms with van der Waals surface area (Å²) >= 11 is 0. The topological polar surface area (TPSA) is 78.7 Å². The molecule has 0 N–H and O–H groups in total. The van der Waals surface area contributed by atoms with Crippen LogP contribution in [0.4, 0.5) is 5.69 Å². The molecular formula is C16H15NO5. The molecule has 0 amide bonds. The van der Waals surface area contributed by atoms with E-state index in [-0.39, 0.29) is 23.8 Å². The minimum absolute atomic E-state index is 0.113. The van der Waals surface area contributed by atoms with Crippen molar-refractivity contribution in [2.45, 2.75) is 13.3 Å². The van der Waals surface area contributed by atoms with Crippen LogP contribution in [0.25, 0.3) is 0 Å². The molecule has 0 atom stereocenters. The third-order valence-corrected chi connectivity index (χ3v) is 2.84. The number of para-hydroxylation sites is 2. The average molecular weight is 301 g/mol. The molecular weight excluding hydrogens is 286 g/mol. The van der Waals surface area contributed by atoms with Crippen LogP contribution in [-0.4, -0.2) is 17.5 Å². The van der Waals surface area contributed by atoms with Crippen LogP contribution in [0.1, 0.15) is 12.5 Å². The molecule has 2 aromatic rings. The maximum atomic E-state index is 11.5. The number of ether oxygens (including phenoxy) is 2. The third kappa shape index (κ3) is 4.05. The Morgan fingerprint density at radius 3 is 2.68 bits per heavy atom. The van der Waals surface area contributed by atoms with Crippen LogP contribution in [0.15, 0.2) is 48.5 Å². The van der Waals surface area contributed by atoms with E-state index in [9.17, 15) is 14.9 Å². The van der Waals surface area contributed by atoms with Crippen molar-refractivity contribution in [3.05, 3.63) is 64.2 Å². The lowest BCUT2D eigenvalue weighted by Crippen LogP contribution is -2.07. The summed E-state index contributed by atoms with van der Waals surface area (Å²) in [5.41, 5.74) is 0.604. The quantitative estimate of drug-likeness (QED) is 0.463.